The molecular weight excluding hydrogens is 399 g/mol. The van der Waals surface area contributed by atoms with Gasteiger partial charge in [0.25, 0.3) is 5.91 Å². The highest BCUT2D eigenvalue weighted by Gasteiger charge is 2.37. The quantitative estimate of drug-likeness (QED) is 0.728. The molecule has 7 heteroatoms. The fourth-order valence-electron chi connectivity index (χ4n) is 3.67. The molecule has 0 radical (unpaired) electrons. The van der Waals surface area contributed by atoms with Crippen molar-refractivity contribution in [3.8, 4) is 0 Å². The Kier molecular flexibility index (Phi) is 6.60. The van der Waals surface area contributed by atoms with Gasteiger partial charge in [-0.1, -0.05) is 53.5 Å². The second kappa shape index (κ2) is 8.95. The van der Waals surface area contributed by atoms with Crippen molar-refractivity contribution in [2.45, 2.75) is 32.0 Å². The van der Waals surface area contributed by atoms with Gasteiger partial charge in [-0.15, -0.1) is 0 Å². The number of amides is 1. The number of quaternary nitrogens is 1. The second-order valence-electron chi connectivity index (χ2n) is 7.02. The Balaban J connectivity index is 1.71. The predicted octanol–water partition coefficient (Wildman–Crippen LogP) is 2.35. The summed E-state index contributed by atoms with van der Waals surface area (Å²) in [5.74, 6) is -0.451. The Morgan fingerprint density at radius 1 is 1.21 bits per heavy atom. The van der Waals surface area contributed by atoms with Crippen LogP contribution < -0.4 is 10.2 Å². The lowest BCUT2D eigenvalue weighted by Gasteiger charge is -2.32. The summed E-state index contributed by atoms with van der Waals surface area (Å²) >= 11 is 12.2. The monoisotopic (exact) mass is 421 g/mol. The third-order valence-electron chi connectivity index (χ3n) is 5.13. The number of benzene rings is 2. The number of methoxy groups -OCH3 is 1. The molecule has 5 nitrogen and oxygen atoms in total. The minimum absolute atomic E-state index is 0.151. The van der Waals surface area contributed by atoms with E-state index in [1.54, 1.807) is 18.2 Å². The number of esters is 1. The topological polar surface area (TPSA) is 59.8 Å². The first-order valence-electron chi connectivity index (χ1n) is 9.12. The van der Waals surface area contributed by atoms with Crippen LogP contribution in [0, 0.1) is 0 Å². The van der Waals surface area contributed by atoms with Crippen LogP contribution >= 0.6 is 23.2 Å². The van der Waals surface area contributed by atoms with Crippen LogP contribution in [0.25, 0.3) is 0 Å². The van der Waals surface area contributed by atoms with Gasteiger partial charge >= 0.3 is 5.97 Å². The molecule has 28 heavy (non-hydrogen) atoms. The number of hydrogen-bond acceptors (Lipinski definition) is 3. The molecule has 3 atom stereocenters. The van der Waals surface area contributed by atoms with E-state index in [0.717, 1.165) is 21.6 Å². The van der Waals surface area contributed by atoms with Gasteiger partial charge in [0.15, 0.2) is 12.6 Å². The average molecular weight is 422 g/mol. The number of fused-ring (bicyclic) bond motifs is 1. The molecule has 2 aromatic carbocycles. The maximum atomic E-state index is 12.7. The summed E-state index contributed by atoms with van der Waals surface area (Å²) in [6.45, 7) is 2.63. The molecule has 0 saturated heterocycles. The van der Waals surface area contributed by atoms with Crippen LogP contribution in [0.5, 0.6) is 0 Å². The van der Waals surface area contributed by atoms with Crippen LogP contribution in [0.1, 0.15) is 29.7 Å². The second-order valence-corrected chi connectivity index (χ2v) is 7.86. The van der Waals surface area contributed by atoms with Crippen molar-refractivity contribution in [1.82, 2.24) is 5.32 Å². The van der Waals surface area contributed by atoms with E-state index in [-0.39, 0.29) is 24.5 Å². The van der Waals surface area contributed by atoms with E-state index in [1.165, 1.54) is 7.11 Å². The third kappa shape index (κ3) is 4.66. The van der Waals surface area contributed by atoms with Gasteiger partial charge in [0.2, 0.25) is 0 Å². The first kappa shape index (κ1) is 20.6. The van der Waals surface area contributed by atoms with Gasteiger partial charge in [0.1, 0.15) is 6.54 Å². The zero-order valence-corrected chi connectivity index (χ0v) is 17.3. The zero-order valence-electron chi connectivity index (χ0n) is 15.8. The minimum atomic E-state index is -0.403. The number of rotatable bonds is 5. The van der Waals surface area contributed by atoms with Crippen LogP contribution in [0.2, 0.25) is 10.0 Å². The van der Waals surface area contributed by atoms with E-state index in [0.29, 0.717) is 23.0 Å². The predicted molar refractivity (Wildman–Crippen MR) is 109 cm³/mol. The van der Waals surface area contributed by atoms with E-state index in [1.807, 2.05) is 31.2 Å². The van der Waals surface area contributed by atoms with Crippen LogP contribution in [-0.2, 0) is 27.3 Å². The molecule has 1 aliphatic heterocycles. The van der Waals surface area contributed by atoms with Crippen molar-refractivity contribution >= 4 is 35.1 Å². The van der Waals surface area contributed by atoms with Gasteiger partial charge in [0.05, 0.1) is 13.2 Å². The lowest BCUT2D eigenvalue weighted by Crippen LogP contribution is -3.17. The molecule has 2 aromatic rings. The lowest BCUT2D eigenvalue weighted by atomic mass is 9.94. The Hall–Kier alpha value is -2.08. The summed E-state index contributed by atoms with van der Waals surface area (Å²) in [5, 5.41) is 4.02. The van der Waals surface area contributed by atoms with Crippen LogP contribution in [0.3, 0.4) is 0 Å². The molecule has 1 heterocycles. The normalized spacial score (nSPS) is 19.4. The Bertz CT molecular complexity index is 888. The molecule has 3 rings (SSSR count). The molecule has 1 unspecified atom stereocenters. The molecule has 148 valence electrons. The van der Waals surface area contributed by atoms with E-state index >= 15 is 0 Å². The highest BCUT2D eigenvalue weighted by atomic mass is 35.5. The minimum Gasteiger partial charge on any atom is -0.465 e. The Morgan fingerprint density at radius 2 is 1.93 bits per heavy atom. The SMILES string of the molecule is COC(=O)[C@H]1Cc2ccccc2C[NH+]1CC(=O)N[C@@H](C)c1ccc(Cl)cc1Cl. The van der Waals surface area contributed by atoms with Crippen molar-refractivity contribution < 1.29 is 19.2 Å². The molecule has 0 aromatic heterocycles. The van der Waals surface area contributed by atoms with Gasteiger partial charge in [-0.3, -0.25) is 4.79 Å². The number of hydrogen-bond donors (Lipinski definition) is 2. The number of nitrogens with one attached hydrogen (secondary N) is 2. The van der Waals surface area contributed by atoms with E-state index in [4.69, 9.17) is 27.9 Å². The molecule has 1 amide bonds. The first-order valence-corrected chi connectivity index (χ1v) is 9.88. The molecule has 2 N–H and O–H groups in total. The highest BCUT2D eigenvalue weighted by Crippen LogP contribution is 2.26. The molecule has 0 aliphatic carbocycles. The fourth-order valence-corrected chi connectivity index (χ4v) is 4.24. The standard InChI is InChI=1S/C21H22Cl2N2O3/c1-13(17-8-7-16(22)10-18(17)23)24-20(26)12-25-11-15-6-4-3-5-14(15)9-19(25)21(27)28-2/h3-8,10,13,19H,9,11-12H2,1-2H3,(H,24,26)/p+1/t13-,19+/m0/s1. The number of carbonyl (C=O) groups is 2. The summed E-state index contributed by atoms with van der Waals surface area (Å²) in [6.07, 6.45) is 0.560. The van der Waals surface area contributed by atoms with Crippen LogP contribution in [0.4, 0.5) is 0 Å². The van der Waals surface area contributed by atoms with Gasteiger partial charge in [-0.2, -0.15) is 0 Å². The summed E-state index contributed by atoms with van der Waals surface area (Å²) < 4.78 is 4.97. The molecule has 1 aliphatic rings. The average Bonchev–Trinajstić information content (AvgIpc) is 2.66. The molecular formula is C21H23Cl2N2O3+. The van der Waals surface area contributed by atoms with Gasteiger partial charge in [-0.05, 0) is 30.2 Å². The summed E-state index contributed by atoms with van der Waals surface area (Å²) in [6, 6.07) is 12.5. The van der Waals surface area contributed by atoms with Crippen LogP contribution in [0.15, 0.2) is 42.5 Å². The maximum Gasteiger partial charge on any atom is 0.365 e. The van der Waals surface area contributed by atoms with Crippen molar-refractivity contribution in [3.05, 3.63) is 69.2 Å². The molecule has 0 bridgehead atoms. The third-order valence-corrected chi connectivity index (χ3v) is 5.69. The number of carbonyl (C=O) groups excluding carboxylic acids is 2. The lowest BCUT2D eigenvalue weighted by molar-refractivity contribution is -0.924. The van der Waals surface area contributed by atoms with Gasteiger partial charge < -0.3 is 15.0 Å². The van der Waals surface area contributed by atoms with E-state index in [9.17, 15) is 9.59 Å². The molecule has 0 spiro atoms. The largest absolute Gasteiger partial charge is 0.465 e. The van der Waals surface area contributed by atoms with E-state index < -0.39 is 6.04 Å². The maximum absolute atomic E-state index is 12.7. The Morgan fingerprint density at radius 3 is 2.61 bits per heavy atom. The molecule has 0 fully saturated rings. The van der Waals surface area contributed by atoms with Crippen molar-refractivity contribution in [3.63, 3.8) is 0 Å². The highest BCUT2D eigenvalue weighted by molar-refractivity contribution is 6.35. The van der Waals surface area contributed by atoms with Crippen molar-refractivity contribution in [2.24, 2.45) is 0 Å². The smallest absolute Gasteiger partial charge is 0.365 e. The van der Waals surface area contributed by atoms with Crippen molar-refractivity contribution in [2.75, 3.05) is 13.7 Å². The van der Waals surface area contributed by atoms with Crippen molar-refractivity contribution in [1.29, 1.82) is 0 Å². The number of halogens is 2. The van der Waals surface area contributed by atoms with Gasteiger partial charge in [0, 0.05) is 22.0 Å². The number of ether oxygens (including phenoxy) is 1. The van der Waals surface area contributed by atoms with E-state index in [2.05, 4.69) is 5.32 Å². The fraction of sp³-hybridized carbons (Fsp3) is 0.333. The summed E-state index contributed by atoms with van der Waals surface area (Å²) in [5.41, 5.74) is 3.07. The zero-order chi connectivity index (χ0) is 20.3. The van der Waals surface area contributed by atoms with Gasteiger partial charge in [-0.25, -0.2) is 4.79 Å². The summed E-state index contributed by atoms with van der Waals surface area (Å²) in [7, 11) is 1.38. The summed E-state index contributed by atoms with van der Waals surface area (Å²) in [4.78, 5) is 25.8. The molecule has 0 saturated carbocycles. The Labute approximate surface area is 174 Å². The van der Waals surface area contributed by atoms with Crippen LogP contribution in [-0.4, -0.2) is 31.6 Å². The first-order chi connectivity index (χ1) is 13.4.